The molecule has 1 aromatic rings. The van der Waals surface area contributed by atoms with Crippen LogP contribution in [0.25, 0.3) is 0 Å². The van der Waals surface area contributed by atoms with Crippen molar-refractivity contribution in [2.75, 3.05) is 0 Å². The molecule has 1 aromatic heterocycles. The smallest absolute Gasteiger partial charge is 0.274 e. The van der Waals surface area contributed by atoms with Gasteiger partial charge in [-0.15, -0.1) is 12.4 Å². The summed E-state index contributed by atoms with van der Waals surface area (Å²) in [6.45, 7) is 9.10. The van der Waals surface area contributed by atoms with Gasteiger partial charge in [0.15, 0.2) is 0 Å². The highest BCUT2D eigenvalue weighted by Gasteiger charge is 2.60. The van der Waals surface area contributed by atoms with Crippen LogP contribution in [0, 0.1) is 24.2 Å². The van der Waals surface area contributed by atoms with Crippen molar-refractivity contribution in [1.29, 1.82) is 0 Å². The van der Waals surface area contributed by atoms with Crippen molar-refractivity contribution in [2.24, 2.45) is 22.2 Å². The molecule has 0 aromatic carbocycles. The third-order valence-electron chi connectivity index (χ3n) is 5.45. The number of nitrogens with zero attached hydrogens (tertiary/aromatic N) is 1. The molecule has 2 aliphatic rings. The van der Waals surface area contributed by atoms with E-state index in [4.69, 9.17) is 9.41 Å². The van der Waals surface area contributed by atoms with Gasteiger partial charge in [-0.1, -0.05) is 25.2 Å². The summed E-state index contributed by atoms with van der Waals surface area (Å²) in [5.74, 6) is 2.57. The van der Waals surface area contributed by atoms with E-state index in [0.717, 1.165) is 22.5 Å². The van der Waals surface area contributed by atoms with E-state index in [1.54, 1.807) is 11.3 Å². The van der Waals surface area contributed by atoms with Crippen molar-refractivity contribution < 1.29 is 4.42 Å². The van der Waals surface area contributed by atoms with Crippen LogP contribution in [0.15, 0.2) is 14.8 Å². The molecule has 2 aliphatic carbocycles. The first-order valence-corrected chi connectivity index (χ1v) is 7.42. The lowest BCUT2D eigenvalue weighted by Crippen LogP contribution is -2.46. The highest BCUT2D eigenvalue weighted by atomic mass is 35.5. The minimum atomic E-state index is 0. The molecule has 4 heteroatoms. The second-order valence-electron chi connectivity index (χ2n) is 6.40. The topological polar surface area (TPSA) is 25.5 Å². The predicted octanol–water partition coefficient (Wildman–Crippen LogP) is 4.19. The summed E-state index contributed by atoms with van der Waals surface area (Å²) in [6.07, 6.45) is 4.10. The Morgan fingerprint density at radius 1 is 1.28 bits per heavy atom. The van der Waals surface area contributed by atoms with E-state index >= 15 is 0 Å². The van der Waals surface area contributed by atoms with Crippen LogP contribution >= 0.6 is 23.7 Å². The molecule has 0 amide bonds. The average molecular weight is 288 g/mol. The highest BCUT2D eigenvalue weighted by molar-refractivity contribution is 7.06. The van der Waals surface area contributed by atoms with E-state index in [1.165, 1.54) is 19.3 Å². The summed E-state index contributed by atoms with van der Waals surface area (Å²) in [5, 5.41) is 2.04. The van der Waals surface area contributed by atoms with Gasteiger partial charge >= 0.3 is 0 Å². The summed E-state index contributed by atoms with van der Waals surface area (Å²) in [7, 11) is 0. The fourth-order valence-corrected chi connectivity index (χ4v) is 4.62. The van der Waals surface area contributed by atoms with E-state index in [-0.39, 0.29) is 17.9 Å². The maximum absolute atomic E-state index is 5.66. The molecule has 0 aliphatic heterocycles. The van der Waals surface area contributed by atoms with Gasteiger partial charge in [0.25, 0.3) is 4.87 Å². The lowest BCUT2D eigenvalue weighted by molar-refractivity contribution is 0.0979. The Hall–Kier alpha value is -0.280. The zero-order valence-corrected chi connectivity index (χ0v) is 13.2. The number of hydrogen-bond donors (Lipinski definition) is 0. The average Bonchev–Trinajstić information content (AvgIpc) is 2.88. The van der Waals surface area contributed by atoms with Crippen LogP contribution in [0.2, 0.25) is 0 Å². The van der Waals surface area contributed by atoms with Crippen LogP contribution < -0.4 is 4.87 Å². The van der Waals surface area contributed by atoms with Crippen molar-refractivity contribution in [2.45, 2.75) is 52.5 Å². The molecule has 0 saturated heterocycles. The Balaban J connectivity index is 0.00000120. The Morgan fingerprint density at radius 2 is 1.94 bits per heavy atom. The summed E-state index contributed by atoms with van der Waals surface area (Å²) < 4.78 is 5.66. The van der Waals surface area contributed by atoms with Gasteiger partial charge in [0, 0.05) is 5.38 Å². The minimum absolute atomic E-state index is 0. The molecule has 2 nitrogen and oxygen atoms in total. The zero-order valence-electron chi connectivity index (χ0n) is 11.5. The number of aryl methyl sites for hydroxylation is 1. The lowest BCUT2D eigenvalue weighted by Gasteiger charge is -2.44. The number of fused-ring (bicyclic) bond motifs is 2. The largest absolute Gasteiger partial charge is 0.435 e. The van der Waals surface area contributed by atoms with E-state index < -0.39 is 0 Å². The first kappa shape index (κ1) is 14.1. The number of rotatable bonds is 1. The molecule has 3 unspecified atom stereocenters. The zero-order chi connectivity index (χ0) is 12.3. The quantitative estimate of drug-likeness (QED) is 0.760. The molecule has 0 radical (unpaired) electrons. The SMILES string of the molecule is Cc1csc(=NC2(C)C3CCC(C3)C2(C)C)o1.Cl. The lowest BCUT2D eigenvalue weighted by atomic mass is 9.64. The first-order valence-electron chi connectivity index (χ1n) is 6.54. The molecule has 2 saturated carbocycles. The molecule has 102 valence electrons. The van der Waals surface area contributed by atoms with E-state index in [1.807, 2.05) is 12.3 Å². The second kappa shape index (κ2) is 4.38. The molecule has 2 bridgehead atoms. The van der Waals surface area contributed by atoms with Crippen molar-refractivity contribution in [3.63, 3.8) is 0 Å². The Morgan fingerprint density at radius 3 is 2.44 bits per heavy atom. The fourth-order valence-electron chi connectivity index (χ4n) is 3.88. The number of halogens is 1. The third kappa shape index (κ3) is 1.78. The monoisotopic (exact) mass is 287 g/mol. The van der Waals surface area contributed by atoms with Crippen LogP contribution in [0.1, 0.15) is 45.8 Å². The van der Waals surface area contributed by atoms with Gasteiger partial charge in [0.1, 0.15) is 5.76 Å². The molecule has 18 heavy (non-hydrogen) atoms. The molecule has 3 atom stereocenters. The third-order valence-corrected chi connectivity index (χ3v) is 6.28. The van der Waals surface area contributed by atoms with Crippen LogP contribution in [-0.2, 0) is 0 Å². The minimum Gasteiger partial charge on any atom is -0.435 e. The Kier molecular flexibility index (Phi) is 3.44. The maximum Gasteiger partial charge on any atom is 0.274 e. The molecule has 0 N–H and O–H groups in total. The van der Waals surface area contributed by atoms with E-state index in [0.29, 0.717) is 5.41 Å². The summed E-state index contributed by atoms with van der Waals surface area (Å²) in [4.78, 5) is 5.85. The molecule has 2 fully saturated rings. The van der Waals surface area contributed by atoms with Gasteiger partial charge in [-0.3, -0.25) is 0 Å². The highest BCUT2D eigenvalue weighted by Crippen LogP contribution is 2.62. The van der Waals surface area contributed by atoms with Crippen LogP contribution in [0.5, 0.6) is 0 Å². The van der Waals surface area contributed by atoms with Crippen molar-refractivity contribution in [3.05, 3.63) is 16.0 Å². The van der Waals surface area contributed by atoms with E-state index in [9.17, 15) is 0 Å². The number of hydrogen-bond acceptors (Lipinski definition) is 3. The van der Waals surface area contributed by atoms with Gasteiger partial charge in [0.05, 0.1) is 5.54 Å². The van der Waals surface area contributed by atoms with Gasteiger partial charge in [-0.2, -0.15) is 0 Å². The molecular weight excluding hydrogens is 266 g/mol. The molecule has 1 heterocycles. The first-order chi connectivity index (χ1) is 7.93. The van der Waals surface area contributed by atoms with Gasteiger partial charge < -0.3 is 4.42 Å². The van der Waals surface area contributed by atoms with Crippen LogP contribution in [0.3, 0.4) is 0 Å². The normalized spacial score (nSPS) is 37.9. The Labute approximate surface area is 119 Å². The van der Waals surface area contributed by atoms with Gasteiger partial charge in [-0.05, 0) is 50.4 Å². The summed E-state index contributed by atoms with van der Waals surface area (Å²) in [6, 6.07) is 0. The van der Waals surface area contributed by atoms with Gasteiger partial charge in [0.2, 0.25) is 0 Å². The predicted molar refractivity (Wildman–Crippen MR) is 77.2 cm³/mol. The second-order valence-corrected chi connectivity index (χ2v) is 7.22. The van der Waals surface area contributed by atoms with Crippen molar-refractivity contribution >= 4 is 23.7 Å². The van der Waals surface area contributed by atoms with Crippen molar-refractivity contribution in [1.82, 2.24) is 0 Å². The molecule has 0 spiro atoms. The molecular formula is C14H22ClNOS. The Bertz CT molecular complexity index is 504. The van der Waals surface area contributed by atoms with Crippen LogP contribution in [-0.4, -0.2) is 5.54 Å². The van der Waals surface area contributed by atoms with E-state index in [2.05, 4.69) is 20.8 Å². The molecule has 3 rings (SSSR count). The maximum atomic E-state index is 5.66. The summed E-state index contributed by atoms with van der Waals surface area (Å²) in [5.41, 5.74) is 0.375. The van der Waals surface area contributed by atoms with Crippen molar-refractivity contribution in [3.8, 4) is 0 Å². The van der Waals surface area contributed by atoms with Crippen LogP contribution in [0.4, 0.5) is 0 Å². The standard InChI is InChI=1S/C14H21NOS.ClH/c1-9-8-17-12(16-9)15-14(4)11-6-5-10(7-11)13(14,2)3;/h8,10-11H,5-7H2,1-4H3;1H. The van der Waals surface area contributed by atoms with Gasteiger partial charge in [-0.25, -0.2) is 4.99 Å². The fraction of sp³-hybridized carbons (Fsp3) is 0.786. The summed E-state index contributed by atoms with van der Waals surface area (Å²) >= 11 is 1.63.